The van der Waals surface area contributed by atoms with Gasteiger partial charge in [0.05, 0.1) is 8.07 Å². The molecule has 1 aliphatic heterocycles. The summed E-state index contributed by atoms with van der Waals surface area (Å²) in [6.45, 7) is 20.8. The van der Waals surface area contributed by atoms with Gasteiger partial charge in [0.25, 0.3) is 0 Å². The lowest BCUT2D eigenvalue weighted by atomic mass is 9.85. The van der Waals surface area contributed by atoms with Crippen molar-refractivity contribution < 1.29 is 4.74 Å². The minimum absolute atomic E-state index is 0.00391. The first-order valence-corrected chi connectivity index (χ1v) is 16.5. The Morgan fingerprint density at radius 3 is 2.67 bits per heavy atom. The second kappa shape index (κ2) is 9.26. The van der Waals surface area contributed by atoms with Crippen molar-refractivity contribution in [1.82, 2.24) is 4.90 Å². The summed E-state index contributed by atoms with van der Waals surface area (Å²) in [6, 6.07) is 13.9. The number of likely N-dealkylation sites (tertiary alicyclic amines) is 1. The first-order valence-electron chi connectivity index (χ1n) is 13.4. The molecule has 5 rings (SSSR count). The van der Waals surface area contributed by atoms with Gasteiger partial charge in [-0.25, -0.2) is 0 Å². The summed E-state index contributed by atoms with van der Waals surface area (Å²) in [6.07, 6.45) is 12.5. The van der Waals surface area contributed by atoms with E-state index in [4.69, 9.17) is 4.74 Å². The van der Waals surface area contributed by atoms with Crippen LogP contribution < -0.4 is 9.92 Å². The summed E-state index contributed by atoms with van der Waals surface area (Å²) in [5.41, 5.74) is 8.96. The van der Waals surface area contributed by atoms with Crippen LogP contribution in [-0.2, 0) is 5.41 Å². The Labute approximate surface area is 219 Å². The third-order valence-corrected chi connectivity index (χ3v) is 12.1. The fourth-order valence-electron chi connectivity index (χ4n) is 6.32. The number of hydrogen-bond donors (Lipinski definition) is 0. The van der Waals surface area contributed by atoms with Crippen LogP contribution in [0.3, 0.4) is 0 Å². The maximum atomic E-state index is 6.49. The second-order valence-corrected chi connectivity index (χ2v) is 17.0. The van der Waals surface area contributed by atoms with Crippen LogP contribution in [0.25, 0.3) is 5.70 Å². The Morgan fingerprint density at radius 1 is 1.17 bits per heavy atom. The monoisotopic (exact) mass is 495 g/mol. The van der Waals surface area contributed by atoms with E-state index in [1.807, 2.05) is 6.08 Å². The molecule has 2 nitrogen and oxygen atoms in total. The average Bonchev–Trinajstić information content (AvgIpc) is 3.44. The summed E-state index contributed by atoms with van der Waals surface area (Å²) in [7, 11) is -2.05. The van der Waals surface area contributed by atoms with Gasteiger partial charge in [-0.1, -0.05) is 113 Å². The minimum atomic E-state index is -2.05. The Hall–Kier alpha value is -2.78. The van der Waals surface area contributed by atoms with Crippen molar-refractivity contribution in [3.63, 3.8) is 0 Å². The zero-order chi connectivity index (χ0) is 25.7. The van der Waals surface area contributed by atoms with Gasteiger partial charge in [-0.2, -0.15) is 0 Å². The molecule has 0 radical (unpaired) electrons. The zero-order valence-corrected chi connectivity index (χ0v) is 23.9. The first-order chi connectivity index (χ1) is 17.1. The van der Waals surface area contributed by atoms with Gasteiger partial charge in [0, 0.05) is 35.8 Å². The van der Waals surface area contributed by atoms with Gasteiger partial charge in [-0.3, -0.25) is 0 Å². The van der Waals surface area contributed by atoms with Gasteiger partial charge >= 0.3 is 0 Å². The third kappa shape index (κ3) is 4.32. The lowest BCUT2D eigenvalue weighted by Crippen LogP contribution is -2.48. The van der Waals surface area contributed by atoms with Gasteiger partial charge in [0.1, 0.15) is 12.4 Å². The number of aryl methyl sites for hydroxylation is 1. The molecular weight excluding hydrogens is 454 g/mol. The Bertz CT molecular complexity index is 1270. The summed E-state index contributed by atoms with van der Waals surface area (Å²) in [5.74, 6) is 1.75. The molecule has 2 aromatic carbocycles. The predicted molar refractivity (Wildman–Crippen MR) is 157 cm³/mol. The van der Waals surface area contributed by atoms with Crippen molar-refractivity contribution in [2.24, 2.45) is 5.92 Å². The summed E-state index contributed by atoms with van der Waals surface area (Å²) in [5, 5.41) is 1.42. The highest BCUT2D eigenvalue weighted by molar-refractivity contribution is 6.92. The SMILES string of the molecule is C=CCOc1c(C(C)(C)C)cc(C)cc1[Si](C)(C)C1C=C(N2CC3=CC=CCC3C2)c2ccccc21. The number of nitrogens with zero attached hydrogens (tertiary/aromatic N) is 1. The standard InChI is InChI=1S/C33H41NOSi/c1-8-17-35-32-28(33(3,4)5)18-23(2)19-31(32)36(6,7)30-20-29(26-15-11-12-16-27(26)30)34-21-24-13-9-10-14-25(24)22-34/h8-13,15-16,18-20,25,30H,1,14,17,21-22H2,2-7H3. The van der Waals surface area contributed by atoms with Gasteiger partial charge in [-0.15, -0.1) is 0 Å². The van der Waals surface area contributed by atoms with Gasteiger partial charge < -0.3 is 9.64 Å². The van der Waals surface area contributed by atoms with Crippen LogP contribution in [-0.4, -0.2) is 32.7 Å². The van der Waals surface area contributed by atoms with Crippen LogP contribution in [0.4, 0.5) is 0 Å². The molecule has 2 aromatic rings. The van der Waals surface area contributed by atoms with Crippen molar-refractivity contribution >= 4 is 19.0 Å². The highest BCUT2D eigenvalue weighted by atomic mass is 28.3. The lowest BCUT2D eigenvalue weighted by Gasteiger charge is -2.34. The quantitative estimate of drug-likeness (QED) is 0.309. The van der Waals surface area contributed by atoms with Crippen LogP contribution in [0, 0.1) is 12.8 Å². The molecule has 2 aliphatic carbocycles. The van der Waals surface area contributed by atoms with Crippen molar-refractivity contribution in [3.05, 3.63) is 101 Å². The van der Waals surface area contributed by atoms with Gasteiger partial charge in [0.2, 0.25) is 0 Å². The van der Waals surface area contributed by atoms with E-state index in [-0.39, 0.29) is 5.41 Å². The maximum absolute atomic E-state index is 6.49. The lowest BCUT2D eigenvalue weighted by molar-refractivity contribution is 0.353. The molecule has 0 bridgehead atoms. The fraction of sp³-hybridized carbons (Fsp3) is 0.394. The molecule has 2 atom stereocenters. The number of benzene rings is 2. The van der Waals surface area contributed by atoms with E-state index in [1.54, 1.807) is 5.57 Å². The smallest absolute Gasteiger partial charge is 0.122 e. The first kappa shape index (κ1) is 24.9. The molecule has 36 heavy (non-hydrogen) atoms. The summed E-state index contributed by atoms with van der Waals surface area (Å²) in [4.78, 5) is 2.64. The molecule has 1 saturated heterocycles. The van der Waals surface area contributed by atoms with E-state index < -0.39 is 8.07 Å². The van der Waals surface area contributed by atoms with E-state index in [1.165, 1.54) is 39.6 Å². The highest BCUT2D eigenvalue weighted by Gasteiger charge is 2.43. The molecule has 1 fully saturated rings. The number of allylic oxidation sites excluding steroid dienone is 4. The Kier molecular flexibility index (Phi) is 6.40. The molecule has 3 aliphatic rings. The molecule has 0 N–H and O–H groups in total. The molecule has 188 valence electrons. The largest absolute Gasteiger partial charge is 0.489 e. The number of ether oxygens (including phenoxy) is 1. The van der Waals surface area contributed by atoms with E-state index in [9.17, 15) is 0 Å². The van der Waals surface area contributed by atoms with Crippen LogP contribution in [0.5, 0.6) is 5.75 Å². The minimum Gasteiger partial charge on any atom is -0.489 e. The van der Waals surface area contributed by atoms with Gasteiger partial charge in [0.15, 0.2) is 0 Å². The topological polar surface area (TPSA) is 12.5 Å². The van der Waals surface area contributed by atoms with Crippen molar-refractivity contribution in [1.29, 1.82) is 0 Å². The molecular formula is C33H41NOSi. The van der Waals surface area contributed by atoms with Crippen LogP contribution in [0.1, 0.15) is 55.0 Å². The molecule has 1 heterocycles. The number of hydrogen-bond acceptors (Lipinski definition) is 2. The third-order valence-electron chi connectivity index (χ3n) is 8.30. The normalized spacial score (nSPS) is 21.1. The summed E-state index contributed by atoms with van der Waals surface area (Å²) < 4.78 is 6.49. The predicted octanol–water partition coefficient (Wildman–Crippen LogP) is 7.27. The van der Waals surface area contributed by atoms with Crippen LogP contribution in [0.15, 0.2) is 78.9 Å². The molecule has 0 aromatic heterocycles. The van der Waals surface area contributed by atoms with Crippen molar-refractivity contribution in [2.75, 3.05) is 19.7 Å². The average molecular weight is 496 g/mol. The second-order valence-electron chi connectivity index (χ2n) is 12.4. The Balaban J connectivity index is 1.61. The molecule has 2 unspecified atom stereocenters. The summed E-state index contributed by atoms with van der Waals surface area (Å²) >= 11 is 0. The number of rotatable bonds is 6. The number of fused-ring (bicyclic) bond motifs is 2. The van der Waals surface area contributed by atoms with E-state index >= 15 is 0 Å². The highest BCUT2D eigenvalue weighted by Crippen LogP contribution is 2.46. The van der Waals surface area contributed by atoms with E-state index in [0.717, 1.165) is 18.8 Å². The van der Waals surface area contributed by atoms with E-state index in [0.29, 0.717) is 18.1 Å². The van der Waals surface area contributed by atoms with Crippen molar-refractivity contribution in [3.8, 4) is 5.75 Å². The Morgan fingerprint density at radius 2 is 1.94 bits per heavy atom. The zero-order valence-electron chi connectivity index (χ0n) is 22.9. The van der Waals surface area contributed by atoms with E-state index in [2.05, 4.69) is 113 Å². The van der Waals surface area contributed by atoms with Crippen LogP contribution in [0.2, 0.25) is 13.1 Å². The van der Waals surface area contributed by atoms with Gasteiger partial charge in [-0.05, 0) is 40.6 Å². The molecule has 0 spiro atoms. The maximum Gasteiger partial charge on any atom is 0.122 e. The van der Waals surface area contributed by atoms with Crippen LogP contribution >= 0.6 is 0 Å². The molecule has 3 heteroatoms. The molecule has 0 amide bonds. The molecule has 0 saturated carbocycles. The fourth-order valence-corrected chi connectivity index (χ4v) is 9.65. The van der Waals surface area contributed by atoms with Crippen molar-refractivity contribution in [2.45, 2.75) is 58.2 Å².